The Morgan fingerprint density at radius 1 is 1.14 bits per heavy atom. The van der Waals surface area contributed by atoms with E-state index in [9.17, 15) is 14.4 Å². The number of esters is 1. The SMILES string of the molecule is CCCCOc1ccc(-c2nnc(SCC(=O)Nc3sc(C(N)=O)c(C)c3C(=O)OCC)n2CC)cc1. The van der Waals surface area contributed by atoms with Crippen LogP contribution in [0.4, 0.5) is 5.00 Å². The van der Waals surface area contributed by atoms with Gasteiger partial charge in [-0.3, -0.25) is 9.59 Å². The molecule has 1 aromatic carbocycles. The summed E-state index contributed by atoms with van der Waals surface area (Å²) in [6.45, 7) is 8.82. The van der Waals surface area contributed by atoms with E-state index < -0.39 is 11.9 Å². The molecule has 198 valence electrons. The molecule has 37 heavy (non-hydrogen) atoms. The Bertz CT molecular complexity index is 1250. The lowest BCUT2D eigenvalue weighted by Crippen LogP contribution is -2.17. The number of aromatic nitrogens is 3. The number of unbranched alkanes of at least 4 members (excludes halogenated alkanes) is 1. The first-order chi connectivity index (χ1) is 17.8. The average Bonchev–Trinajstić information content (AvgIpc) is 3.43. The zero-order valence-electron chi connectivity index (χ0n) is 21.3. The largest absolute Gasteiger partial charge is 0.494 e. The molecule has 2 heterocycles. The van der Waals surface area contributed by atoms with Crippen LogP contribution in [0.15, 0.2) is 29.4 Å². The van der Waals surface area contributed by atoms with Gasteiger partial charge in [-0.05, 0) is 57.0 Å². The third-order valence-electron chi connectivity index (χ3n) is 5.35. The maximum Gasteiger partial charge on any atom is 0.341 e. The Kier molecular flexibility index (Phi) is 10.1. The first-order valence-corrected chi connectivity index (χ1v) is 13.8. The van der Waals surface area contributed by atoms with Crippen LogP contribution >= 0.6 is 23.1 Å². The number of rotatable bonds is 13. The summed E-state index contributed by atoms with van der Waals surface area (Å²) in [7, 11) is 0. The number of carbonyl (C=O) groups excluding carboxylic acids is 3. The van der Waals surface area contributed by atoms with E-state index in [0.29, 0.717) is 29.7 Å². The molecule has 3 N–H and O–H groups in total. The van der Waals surface area contributed by atoms with Crippen molar-refractivity contribution in [2.24, 2.45) is 5.73 Å². The van der Waals surface area contributed by atoms with Crippen LogP contribution in [0.3, 0.4) is 0 Å². The van der Waals surface area contributed by atoms with Gasteiger partial charge < -0.3 is 25.1 Å². The predicted octanol–water partition coefficient (Wildman–Crippen LogP) is 4.52. The molecule has 0 radical (unpaired) electrons. The summed E-state index contributed by atoms with van der Waals surface area (Å²) in [6.07, 6.45) is 2.08. The van der Waals surface area contributed by atoms with Crippen molar-refractivity contribution in [1.82, 2.24) is 14.8 Å². The molecule has 12 heteroatoms. The van der Waals surface area contributed by atoms with Gasteiger partial charge in [0.25, 0.3) is 5.91 Å². The number of anilines is 1. The molecule has 10 nitrogen and oxygen atoms in total. The molecule has 0 aliphatic rings. The van der Waals surface area contributed by atoms with E-state index in [1.54, 1.807) is 13.8 Å². The number of primary amides is 1. The molecule has 0 unspecified atom stereocenters. The lowest BCUT2D eigenvalue weighted by molar-refractivity contribution is -0.113. The number of hydrogen-bond acceptors (Lipinski definition) is 9. The molecule has 3 aromatic rings. The zero-order valence-corrected chi connectivity index (χ0v) is 23.0. The minimum absolute atomic E-state index is 0.0213. The van der Waals surface area contributed by atoms with E-state index in [1.165, 1.54) is 11.8 Å². The summed E-state index contributed by atoms with van der Waals surface area (Å²) >= 11 is 2.18. The molecule has 0 aliphatic heterocycles. The number of thiophene rings is 1. The molecular weight excluding hydrogens is 514 g/mol. The molecule has 0 saturated heterocycles. The standard InChI is InChI=1S/C25H31N5O5S2/c1-5-8-13-35-17-11-9-16(10-12-17)22-28-29-25(30(22)6-2)36-14-18(31)27-23-19(24(33)34-7-3)15(4)20(37-23)21(26)32/h9-12H,5-8,13-14H2,1-4H3,(H2,26,32)(H,27,31). The van der Waals surface area contributed by atoms with E-state index in [4.69, 9.17) is 15.2 Å². The maximum atomic E-state index is 12.8. The number of nitrogens with zero attached hydrogens (tertiary/aromatic N) is 3. The molecule has 0 atom stereocenters. The lowest BCUT2D eigenvalue weighted by atomic mass is 10.1. The van der Waals surface area contributed by atoms with Gasteiger partial charge in [-0.25, -0.2) is 4.79 Å². The quantitative estimate of drug-likeness (QED) is 0.182. The molecule has 2 aromatic heterocycles. The van der Waals surface area contributed by atoms with Crippen molar-refractivity contribution in [3.05, 3.63) is 40.3 Å². The molecule has 0 bridgehead atoms. The fraction of sp³-hybridized carbons (Fsp3) is 0.400. The van der Waals surface area contributed by atoms with E-state index in [0.717, 1.165) is 35.5 Å². The zero-order chi connectivity index (χ0) is 26.9. The van der Waals surface area contributed by atoms with Crippen LogP contribution in [0.1, 0.15) is 59.2 Å². The van der Waals surface area contributed by atoms with Gasteiger partial charge >= 0.3 is 5.97 Å². The van der Waals surface area contributed by atoms with E-state index in [2.05, 4.69) is 22.4 Å². The smallest absolute Gasteiger partial charge is 0.341 e. The van der Waals surface area contributed by atoms with Gasteiger partial charge in [-0.1, -0.05) is 25.1 Å². The van der Waals surface area contributed by atoms with E-state index in [-0.39, 0.29) is 33.7 Å². The highest BCUT2D eigenvalue weighted by molar-refractivity contribution is 7.99. The van der Waals surface area contributed by atoms with Gasteiger partial charge in [-0.2, -0.15) is 0 Å². The fourth-order valence-corrected chi connectivity index (χ4v) is 5.37. The first kappa shape index (κ1) is 28.2. The van der Waals surface area contributed by atoms with Crippen molar-refractivity contribution in [3.8, 4) is 17.1 Å². The second kappa shape index (κ2) is 13.2. The van der Waals surface area contributed by atoms with Gasteiger partial charge in [-0.15, -0.1) is 21.5 Å². The molecule has 0 fully saturated rings. The van der Waals surface area contributed by atoms with E-state index >= 15 is 0 Å². The summed E-state index contributed by atoms with van der Waals surface area (Å²) in [5.41, 5.74) is 6.85. The van der Waals surface area contributed by atoms with E-state index in [1.807, 2.05) is 35.8 Å². The highest BCUT2D eigenvalue weighted by Gasteiger charge is 2.26. The molecule has 0 spiro atoms. The molecular formula is C25H31N5O5S2. The number of thioether (sulfide) groups is 1. The van der Waals surface area contributed by atoms with Crippen LogP contribution in [-0.4, -0.2) is 51.5 Å². The number of carbonyl (C=O) groups is 3. The summed E-state index contributed by atoms with van der Waals surface area (Å²) in [5, 5.41) is 12.1. The first-order valence-electron chi connectivity index (χ1n) is 12.0. The second-order valence-corrected chi connectivity index (χ2v) is 9.92. The number of ether oxygens (including phenoxy) is 2. The average molecular weight is 546 g/mol. The molecule has 0 aliphatic carbocycles. The van der Waals surface area contributed by atoms with Crippen LogP contribution in [0.5, 0.6) is 5.75 Å². The van der Waals surface area contributed by atoms with Crippen LogP contribution in [0.2, 0.25) is 0 Å². The summed E-state index contributed by atoms with van der Waals surface area (Å²) in [4.78, 5) is 37.2. The Labute approximate surface area is 223 Å². The lowest BCUT2D eigenvalue weighted by Gasteiger charge is -2.09. The van der Waals surface area contributed by atoms with Crippen LogP contribution in [0, 0.1) is 6.92 Å². The Morgan fingerprint density at radius 2 is 1.86 bits per heavy atom. The number of amides is 2. The van der Waals surface area contributed by atoms with Crippen molar-refractivity contribution >= 4 is 45.9 Å². The van der Waals surface area contributed by atoms with Crippen molar-refractivity contribution in [2.45, 2.75) is 52.2 Å². The van der Waals surface area contributed by atoms with Crippen molar-refractivity contribution in [2.75, 3.05) is 24.3 Å². The van der Waals surface area contributed by atoms with Crippen molar-refractivity contribution in [1.29, 1.82) is 0 Å². The molecule has 3 rings (SSSR count). The number of benzene rings is 1. The van der Waals surface area contributed by atoms with Crippen LogP contribution in [-0.2, 0) is 16.1 Å². The van der Waals surface area contributed by atoms with Gasteiger partial charge in [0.1, 0.15) is 10.8 Å². The van der Waals surface area contributed by atoms with Crippen molar-refractivity contribution in [3.63, 3.8) is 0 Å². The third-order valence-corrected chi connectivity index (χ3v) is 7.54. The van der Waals surface area contributed by atoms with Crippen LogP contribution in [0.25, 0.3) is 11.4 Å². The topological polar surface area (TPSA) is 138 Å². The van der Waals surface area contributed by atoms with Crippen molar-refractivity contribution < 1.29 is 23.9 Å². The van der Waals surface area contributed by atoms with Gasteiger partial charge in [0, 0.05) is 12.1 Å². The van der Waals surface area contributed by atoms with Gasteiger partial charge in [0.15, 0.2) is 11.0 Å². The summed E-state index contributed by atoms with van der Waals surface area (Å²) in [6, 6.07) is 7.69. The predicted molar refractivity (Wildman–Crippen MR) is 144 cm³/mol. The Morgan fingerprint density at radius 3 is 2.49 bits per heavy atom. The summed E-state index contributed by atoms with van der Waals surface area (Å²) < 4.78 is 12.7. The number of nitrogens with two attached hydrogens (primary N) is 1. The fourth-order valence-electron chi connectivity index (χ4n) is 3.51. The Balaban J connectivity index is 1.71. The number of nitrogens with one attached hydrogen (secondary N) is 1. The van der Waals surface area contributed by atoms with Gasteiger partial charge in [0.05, 0.1) is 29.4 Å². The second-order valence-electron chi connectivity index (χ2n) is 7.96. The highest BCUT2D eigenvalue weighted by atomic mass is 32.2. The highest BCUT2D eigenvalue weighted by Crippen LogP contribution is 2.34. The molecule has 0 saturated carbocycles. The maximum absolute atomic E-state index is 12.8. The van der Waals surface area contributed by atoms with Gasteiger partial charge in [0.2, 0.25) is 5.91 Å². The van der Waals surface area contributed by atoms with Crippen LogP contribution < -0.4 is 15.8 Å². The minimum atomic E-state index is -0.674. The third kappa shape index (κ3) is 6.89. The number of hydrogen-bond donors (Lipinski definition) is 2. The summed E-state index contributed by atoms with van der Waals surface area (Å²) in [5.74, 6) is -0.149. The Hall–Kier alpha value is -3.38. The monoisotopic (exact) mass is 545 g/mol. The normalized spacial score (nSPS) is 10.8. The molecule has 2 amide bonds. The minimum Gasteiger partial charge on any atom is -0.494 e.